The number of nitrogens with two attached hydrogens (primary N) is 2. The van der Waals surface area contributed by atoms with E-state index in [0.717, 1.165) is 5.56 Å². The molecule has 1 amide bonds. The number of carbonyl (C=O) groups excluding carboxylic acids is 1. The second kappa shape index (κ2) is 4.79. The quantitative estimate of drug-likeness (QED) is 0.697. The zero-order valence-corrected chi connectivity index (χ0v) is 9.10. The standard InChI is InChI=1S/C11H17N3O/c1-14(2)11(15)10(13)7-8-4-3-5-9(12)6-8/h3-6,10H,7,12-13H2,1-2H3/t10-/m0/s1. The fraction of sp³-hybridized carbons (Fsp3) is 0.364. The first-order valence-corrected chi connectivity index (χ1v) is 4.82. The fourth-order valence-corrected chi connectivity index (χ4v) is 1.39. The van der Waals surface area contributed by atoms with E-state index in [4.69, 9.17) is 11.5 Å². The van der Waals surface area contributed by atoms with Crippen molar-refractivity contribution in [2.24, 2.45) is 5.73 Å². The van der Waals surface area contributed by atoms with Gasteiger partial charge in [-0.2, -0.15) is 0 Å². The van der Waals surface area contributed by atoms with Crippen LogP contribution in [0.1, 0.15) is 5.56 Å². The van der Waals surface area contributed by atoms with Crippen molar-refractivity contribution in [3.63, 3.8) is 0 Å². The topological polar surface area (TPSA) is 72.3 Å². The summed E-state index contributed by atoms with van der Waals surface area (Å²) < 4.78 is 0. The monoisotopic (exact) mass is 207 g/mol. The molecule has 0 aliphatic carbocycles. The number of nitrogen functional groups attached to an aromatic ring is 1. The highest BCUT2D eigenvalue weighted by molar-refractivity contribution is 5.81. The van der Waals surface area contributed by atoms with Crippen LogP contribution in [0.25, 0.3) is 0 Å². The number of amides is 1. The first kappa shape index (κ1) is 11.5. The molecule has 1 aromatic rings. The van der Waals surface area contributed by atoms with Gasteiger partial charge in [0.25, 0.3) is 0 Å². The molecule has 82 valence electrons. The highest BCUT2D eigenvalue weighted by Crippen LogP contribution is 2.08. The van der Waals surface area contributed by atoms with Gasteiger partial charge in [0.15, 0.2) is 0 Å². The second-order valence-electron chi connectivity index (χ2n) is 3.79. The molecule has 1 atom stereocenters. The van der Waals surface area contributed by atoms with Crippen LogP contribution in [0.15, 0.2) is 24.3 Å². The maximum atomic E-state index is 11.5. The van der Waals surface area contributed by atoms with Crippen LogP contribution in [0.4, 0.5) is 5.69 Å². The molecule has 15 heavy (non-hydrogen) atoms. The molecule has 0 saturated heterocycles. The van der Waals surface area contributed by atoms with Gasteiger partial charge in [-0.3, -0.25) is 4.79 Å². The van der Waals surface area contributed by atoms with Crippen molar-refractivity contribution in [3.05, 3.63) is 29.8 Å². The Labute approximate surface area is 89.9 Å². The SMILES string of the molecule is CN(C)C(=O)[C@@H](N)Cc1cccc(N)c1. The summed E-state index contributed by atoms with van der Waals surface area (Å²) in [7, 11) is 3.39. The summed E-state index contributed by atoms with van der Waals surface area (Å²) in [5, 5.41) is 0. The predicted molar refractivity (Wildman–Crippen MR) is 61.2 cm³/mol. The number of likely N-dealkylation sites (N-methyl/N-ethyl adjacent to an activating group) is 1. The molecule has 1 rings (SSSR count). The number of anilines is 1. The molecule has 0 spiro atoms. The number of carbonyl (C=O) groups is 1. The summed E-state index contributed by atoms with van der Waals surface area (Å²) in [6.45, 7) is 0. The van der Waals surface area contributed by atoms with E-state index >= 15 is 0 Å². The minimum atomic E-state index is -0.498. The molecule has 0 aromatic heterocycles. The molecular formula is C11H17N3O. The number of hydrogen-bond acceptors (Lipinski definition) is 3. The summed E-state index contributed by atoms with van der Waals surface area (Å²) in [5.74, 6) is -0.0718. The third-order valence-electron chi connectivity index (χ3n) is 2.16. The fourth-order valence-electron chi connectivity index (χ4n) is 1.39. The van der Waals surface area contributed by atoms with Gasteiger partial charge >= 0.3 is 0 Å². The first-order valence-electron chi connectivity index (χ1n) is 4.82. The van der Waals surface area contributed by atoms with Gasteiger partial charge in [-0.1, -0.05) is 12.1 Å². The largest absolute Gasteiger partial charge is 0.399 e. The average Bonchev–Trinajstić information content (AvgIpc) is 2.16. The van der Waals surface area contributed by atoms with Crippen LogP contribution in [-0.4, -0.2) is 30.9 Å². The lowest BCUT2D eigenvalue weighted by molar-refractivity contribution is -0.130. The van der Waals surface area contributed by atoms with E-state index in [0.29, 0.717) is 12.1 Å². The van der Waals surface area contributed by atoms with Crippen molar-refractivity contribution in [3.8, 4) is 0 Å². The molecule has 0 radical (unpaired) electrons. The maximum absolute atomic E-state index is 11.5. The Morgan fingerprint density at radius 2 is 2.13 bits per heavy atom. The Kier molecular flexibility index (Phi) is 3.68. The third kappa shape index (κ3) is 3.25. The molecule has 4 N–H and O–H groups in total. The van der Waals surface area contributed by atoms with Gasteiger partial charge in [0.1, 0.15) is 0 Å². The van der Waals surface area contributed by atoms with Crippen molar-refractivity contribution in [1.82, 2.24) is 4.90 Å². The Morgan fingerprint density at radius 1 is 1.47 bits per heavy atom. The molecule has 0 unspecified atom stereocenters. The summed E-state index contributed by atoms with van der Waals surface area (Å²) >= 11 is 0. The highest BCUT2D eigenvalue weighted by atomic mass is 16.2. The zero-order chi connectivity index (χ0) is 11.4. The van der Waals surface area contributed by atoms with E-state index in [1.807, 2.05) is 24.3 Å². The molecule has 0 fully saturated rings. The smallest absolute Gasteiger partial charge is 0.239 e. The van der Waals surface area contributed by atoms with Gasteiger partial charge in [0.2, 0.25) is 5.91 Å². The number of hydrogen-bond donors (Lipinski definition) is 2. The van der Waals surface area contributed by atoms with Crippen LogP contribution in [0.2, 0.25) is 0 Å². The lowest BCUT2D eigenvalue weighted by Gasteiger charge is -2.16. The molecule has 0 saturated carbocycles. The van der Waals surface area contributed by atoms with Crippen molar-refractivity contribution >= 4 is 11.6 Å². The van der Waals surface area contributed by atoms with Crippen molar-refractivity contribution in [2.75, 3.05) is 19.8 Å². The minimum Gasteiger partial charge on any atom is -0.399 e. The maximum Gasteiger partial charge on any atom is 0.239 e. The van der Waals surface area contributed by atoms with Crippen LogP contribution >= 0.6 is 0 Å². The van der Waals surface area contributed by atoms with Gasteiger partial charge in [-0.05, 0) is 24.1 Å². The summed E-state index contributed by atoms with van der Waals surface area (Å²) in [6, 6.07) is 6.92. The van der Waals surface area contributed by atoms with Crippen LogP contribution in [0, 0.1) is 0 Å². The van der Waals surface area contributed by atoms with Crippen LogP contribution in [-0.2, 0) is 11.2 Å². The summed E-state index contributed by atoms with van der Waals surface area (Å²) in [5.41, 5.74) is 13.1. The van der Waals surface area contributed by atoms with Gasteiger partial charge in [0, 0.05) is 19.8 Å². The van der Waals surface area contributed by atoms with E-state index < -0.39 is 6.04 Å². The predicted octanol–water partition coefficient (Wildman–Crippen LogP) is 0.227. The molecule has 0 heterocycles. The molecular weight excluding hydrogens is 190 g/mol. The van der Waals surface area contributed by atoms with Gasteiger partial charge < -0.3 is 16.4 Å². The molecule has 0 bridgehead atoms. The lowest BCUT2D eigenvalue weighted by atomic mass is 10.1. The summed E-state index contributed by atoms with van der Waals surface area (Å²) in [4.78, 5) is 13.0. The number of benzene rings is 1. The van der Waals surface area contributed by atoms with Crippen molar-refractivity contribution in [2.45, 2.75) is 12.5 Å². The van der Waals surface area contributed by atoms with Gasteiger partial charge in [0.05, 0.1) is 6.04 Å². The zero-order valence-electron chi connectivity index (χ0n) is 9.10. The highest BCUT2D eigenvalue weighted by Gasteiger charge is 2.15. The van der Waals surface area contributed by atoms with E-state index in [1.165, 1.54) is 4.90 Å². The normalized spacial score (nSPS) is 12.2. The van der Waals surface area contributed by atoms with E-state index in [2.05, 4.69) is 0 Å². The first-order chi connectivity index (χ1) is 7.00. The number of rotatable bonds is 3. The average molecular weight is 207 g/mol. The Hall–Kier alpha value is -1.55. The molecule has 4 nitrogen and oxygen atoms in total. The van der Waals surface area contributed by atoms with Crippen molar-refractivity contribution < 1.29 is 4.79 Å². The van der Waals surface area contributed by atoms with E-state index in [9.17, 15) is 4.79 Å². The van der Waals surface area contributed by atoms with Crippen LogP contribution in [0.3, 0.4) is 0 Å². The number of nitrogens with zero attached hydrogens (tertiary/aromatic N) is 1. The minimum absolute atomic E-state index is 0.0718. The molecule has 1 aromatic carbocycles. The Morgan fingerprint density at radius 3 is 2.67 bits per heavy atom. The van der Waals surface area contributed by atoms with Crippen molar-refractivity contribution in [1.29, 1.82) is 0 Å². The van der Waals surface area contributed by atoms with Gasteiger partial charge in [-0.15, -0.1) is 0 Å². The molecule has 4 heteroatoms. The third-order valence-corrected chi connectivity index (χ3v) is 2.16. The lowest BCUT2D eigenvalue weighted by Crippen LogP contribution is -2.41. The van der Waals surface area contributed by atoms with E-state index in [-0.39, 0.29) is 5.91 Å². The Bertz CT molecular complexity index is 349. The molecule has 0 aliphatic heterocycles. The Balaban J connectivity index is 2.66. The van der Waals surface area contributed by atoms with Gasteiger partial charge in [-0.25, -0.2) is 0 Å². The molecule has 0 aliphatic rings. The van der Waals surface area contributed by atoms with E-state index in [1.54, 1.807) is 14.1 Å². The van der Waals surface area contributed by atoms with Crippen LogP contribution < -0.4 is 11.5 Å². The summed E-state index contributed by atoms with van der Waals surface area (Å²) in [6.07, 6.45) is 0.516. The van der Waals surface area contributed by atoms with Crippen LogP contribution in [0.5, 0.6) is 0 Å². The second-order valence-corrected chi connectivity index (χ2v) is 3.79.